The number of aromatic nitrogens is 2. The van der Waals surface area contributed by atoms with Crippen molar-refractivity contribution in [1.29, 1.82) is 0 Å². The molecule has 0 bridgehead atoms. The molecule has 0 aliphatic heterocycles. The molecule has 1 heterocycles. The minimum absolute atomic E-state index is 0.00529. The molecule has 0 aliphatic carbocycles. The van der Waals surface area contributed by atoms with Gasteiger partial charge < -0.3 is 9.73 Å². The van der Waals surface area contributed by atoms with Crippen molar-refractivity contribution >= 4 is 5.91 Å². The van der Waals surface area contributed by atoms with Gasteiger partial charge in [0.1, 0.15) is 0 Å². The summed E-state index contributed by atoms with van der Waals surface area (Å²) in [5, 5.41) is 10.6. The second kappa shape index (κ2) is 7.55. The van der Waals surface area contributed by atoms with E-state index in [4.69, 9.17) is 4.42 Å². The van der Waals surface area contributed by atoms with Crippen LogP contribution in [0.4, 0.5) is 0 Å². The lowest BCUT2D eigenvalue weighted by Gasteiger charge is -2.03. The highest BCUT2D eigenvalue weighted by Crippen LogP contribution is 2.08. The standard InChI is InChI=1S/C19H19N3O2/c1-14-6-5-9-16(12-14)13-20-18(23)19-22-21-17(24-19)11-10-15-7-3-2-4-8-15/h2-9,12H,10-11,13H2,1H3,(H,20,23). The molecule has 1 aromatic heterocycles. The van der Waals surface area contributed by atoms with Gasteiger partial charge in [0.05, 0.1) is 0 Å². The number of nitrogens with zero attached hydrogens (tertiary/aromatic N) is 2. The lowest BCUT2D eigenvalue weighted by Crippen LogP contribution is -2.23. The summed E-state index contributed by atoms with van der Waals surface area (Å²) < 4.78 is 5.45. The molecular formula is C19H19N3O2. The second-order valence-corrected chi connectivity index (χ2v) is 5.66. The van der Waals surface area contributed by atoms with E-state index in [2.05, 4.69) is 15.5 Å². The summed E-state index contributed by atoms with van der Waals surface area (Å²) in [5.41, 5.74) is 3.39. The fourth-order valence-corrected chi connectivity index (χ4v) is 2.42. The van der Waals surface area contributed by atoms with Crippen LogP contribution in [0.2, 0.25) is 0 Å². The van der Waals surface area contributed by atoms with Crippen LogP contribution in [0.3, 0.4) is 0 Å². The van der Waals surface area contributed by atoms with Crippen molar-refractivity contribution in [2.45, 2.75) is 26.3 Å². The monoisotopic (exact) mass is 321 g/mol. The third-order valence-electron chi connectivity index (χ3n) is 3.67. The van der Waals surface area contributed by atoms with Crippen molar-refractivity contribution in [3.05, 3.63) is 83.1 Å². The Bertz CT molecular complexity index is 812. The quantitative estimate of drug-likeness (QED) is 0.757. The Labute approximate surface area is 140 Å². The van der Waals surface area contributed by atoms with Gasteiger partial charge in [0.25, 0.3) is 0 Å². The van der Waals surface area contributed by atoms with Gasteiger partial charge in [-0.1, -0.05) is 60.2 Å². The second-order valence-electron chi connectivity index (χ2n) is 5.66. The molecule has 0 atom stereocenters. The van der Waals surface area contributed by atoms with Gasteiger partial charge in [-0.3, -0.25) is 4.79 Å². The highest BCUT2D eigenvalue weighted by Gasteiger charge is 2.14. The van der Waals surface area contributed by atoms with Gasteiger partial charge in [-0.25, -0.2) is 0 Å². The Morgan fingerprint density at radius 3 is 2.58 bits per heavy atom. The highest BCUT2D eigenvalue weighted by atomic mass is 16.4. The molecule has 0 unspecified atom stereocenters. The van der Waals surface area contributed by atoms with Crippen molar-refractivity contribution in [3.8, 4) is 0 Å². The lowest BCUT2D eigenvalue weighted by atomic mass is 10.1. The minimum Gasteiger partial charge on any atom is -0.417 e. The summed E-state index contributed by atoms with van der Waals surface area (Å²) in [6.07, 6.45) is 1.41. The van der Waals surface area contributed by atoms with Crippen molar-refractivity contribution in [2.75, 3.05) is 0 Å². The zero-order valence-electron chi connectivity index (χ0n) is 13.5. The van der Waals surface area contributed by atoms with E-state index < -0.39 is 0 Å². The first kappa shape index (κ1) is 15.9. The Morgan fingerprint density at radius 1 is 1.00 bits per heavy atom. The molecule has 122 valence electrons. The Kier molecular flexibility index (Phi) is 5.01. The maximum Gasteiger partial charge on any atom is 0.309 e. The van der Waals surface area contributed by atoms with Gasteiger partial charge >= 0.3 is 11.8 Å². The van der Waals surface area contributed by atoms with Crippen molar-refractivity contribution < 1.29 is 9.21 Å². The molecule has 5 heteroatoms. The minimum atomic E-state index is -0.352. The summed E-state index contributed by atoms with van der Waals surface area (Å²) in [5.74, 6) is 0.125. The molecule has 1 N–H and O–H groups in total. The highest BCUT2D eigenvalue weighted by molar-refractivity contribution is 5.89. The van der Waals surface area contributed by atoms with Crippen molar-refractivity contribution in [1.82, 2.24) is 15.5 Å². The molecule has 0 spiro atoms. The summed E-state index contributed by atoms with van der Waals surface area (Å²) >= 11 is 0. The molecule has 5 nitrogen and oxygen atoms in total. The van der Waals surface area contributed by atoms with Crippen LogP contribution in [-0.4, -0.2) is 16.1 Å². The maximum atomic E-state index is 12.1. The Morgan fingerprint density at radius 2 is 1.79 bits per heavy atom. The van der Waals surface area contributed by atoms with E-state index in [1.165, 1.54) is 5.56 Å². The van der Waals surface area contributed by atoms with Crippen LogP contribution in [0.1, 0.15) is 33.3 Å². The molecule has 2 aromatic carbocycles. The number of hydrogen-bond acceptors (Lipinski definition) is 4. The van der Waals surface area contributed by atoms with Crippen LogP contribution in [-0.2, 0) is 19.4 Å². The van der Waals surface area contributed by atoms with Crippen LogP contribution in [0, 0.1) is 6.92 Å². The smallest absolute Gasteiger partial charge is 0.309 e. The molecule has 1 amide bonds. The number of benzene rings is 2. The summed E-state index contributed by atoms with van der Waals surface area (Å²) in [7, 11) is 0. The topological polar surface area (TPSA) is 68.0 Å². The van der Waals surface area contributed by atoms with E-state index in [9.17, 15) is 4.79 Å². The van der Waals surface area contributed by atoms with Gasteiger partial charge in [-0.05, 0) is 24.5 Å². The summed E-state index contributed by atoms with van der Waals surface area (Å²) in [4.78, 5) is 12.1. The van der Waals surface area contributed by atoms with E-state index in [1.807, 2.05) is 61.5 Å². The molecule has 0 saturated carbocycles. The summed E-state index contributed by atoms with van der Waals surface area (Å²) in [6.45, 7) is 2.45. The number of carbonyl (C=O) groups excluding carboxylic acids is 1. The van der Waals surface area contributed by atoms with Gasteiger partial charge in [0, 0.05) is 13.0 Å². The molecule has 3 rings (SSSR count). The first-order valence-corrected chi connectivity index (χ1v) is 7.91. The van der Waals surface area contributed by atoms with Crippen LogP contribution >= 0.6 is 0 Å². The molecule has 24 heavy (non-hydrogen) atoms. The zero-order chi connectivity index (χ0) is 16.8. The molecule has 0 fully saturated rings. The van der Waals surface area contributed by atoms with E-state index in [0.29, 0.717) is 18.9 Å². The van der Waals surface area contributed by atoms with E-state index >= 15 is 0 Å². The third kappa shape index (κ3) is 4.29. The lowest BCUT2D eigenvalue weighted by molar-refractivity contribution is 0.0914. The van der Waals surface area contributed by atoms with Crippen LogP contribution in [0.5, 0.6) is 0 Å². The van der Waals surface area contributed by atoms with Crippen molar-refractivity contribution in [2.24, 2.45) is 0 Å². The number of amides is 1. The third-order valence-corrected chi connectivity index (χ3v) is 3.67. The number of nitrogens with one attached hydrogen (secondary N) is 1. The Balaban J connectivity index is 1.53. The van der Waals surface area contributed by atoms with E-state index in [-0.39, 0.29) is 11.8 Å². The van der Waals surface area contributed by atoms with E-state index in [0.717, 1.165) is 17.5 Å². The fourth-order valence-electron chi connectivity index (χ4n) is 2.42. The first-order chi connectivity index (χ1) is 11.7. The van der Waals surface area contributed by atoms with Gasteiger partial charge in [-0.15, -0.1) is 10.2 Å². The van der Waals surface area contributed by atoms with E-state index in [1.54, 1.807) is 0 Å². The molecular weight excluding hydrogens is 302 g/mol. The van der Waals surface area contributed by atoms with Crippen molar-refractivity contribution in [3.63, 3.8) is 0 Å². The molecule has 0 radical (unpaired) electrons. The average molecular weight is 321 g/mol. The van der Waals surface area contributed by atoms with Gasteiger partial charge in [0.15, 0.2) is 0 Å². The number of hydrogen-bond donors (Lipinski definition) is 1. The Hall–Kier alpha value is -2.95. The predicted molar refractivity (Wildman–Crippen MR) is 90.5 cm³/mol. The number of aryl methyl sites for hydroxylation is 3. The summed E-state index contributed by atoms with van der Waals surface area (Å²) in [6, 6.07) is 18.0. The number of rotatable bonds is 6. The molecule has 0 saturated heterocycles. The molecule has 3 aromatic rings. The van der Waals surface area contributed by atoms with Crippen LogP contribution in [0.25, 0.3) is 0 Å². The maximum absolute atomic E-state index is 12.1. The van der Waals surface area contributed by atoms with Gasteiger partial charge in [-0.2, -0.15) is 0 Å². The van der Waals surface area contributed by atoms with Crippen LogP contribution in [0.15, 0.2) is 59.0 Å². The van der Waals surface area contributed by atoms with Gasteiger partial charge in [0.2, 0.25) is 5.89 Å². The average Bonchev–Trinajstić information content (AvgIpc) is 3.08. The largest absolute Gasteiger partial charge is 0.417 e. The molecule has 0 aliphatic rings. The zero-order valence-corrected chi connectivity index (χ0v) is 13.5. The fraction of sp³-hybridized carbons (Fsp3) is 0.211. The first-order valence-electron chi connectivity index (χ1n) is 7.91. The number of carbonyl (C=O) groups is 1. The normalized spacial score (nSPS) is 10.5. The van der Waals surface area contributed by atoms with Crippen LogP contribution < -0.4 is 5.32 Å². The predicted octanol–water partition coefficient (Wildman–Crippen LogP) is 3.09. The SMILES string of the molecule is Cc1cccc(CNC(=O)c2nnc(CCc3ccccc3)o2)c1.